The van der Waals surface area contributed by atoms with Crippen LogP contribution in [0.1, 0.15) is 5.56 Å². The summed E-state index contributed by atoms with van der Waals surface area (Å²) in [5.74, 6) is -0.783. The first-order valence-corrected chi connectivity index (χ1v) is 7.26. The van der Waals surface area contributed by atoms with Crippen LogP contribution in [-0.2, 0) is 11.2 Å². The quantitative estimate of drug-likeness (QED) is 0.895. The largest absolute Gasteiger partial charge is 0.357 e. The van der Waals surface area contributed by atoms with Crippen LogP contribution in [0.5, 0.6) is 0 Å². The second kappa shape index (κ2) is 6.08. The van der Waals surface area contributed by atoms with Crippen LogP contribution in [0.3, 0.4) is 0 Å². The zero-order valence-corrected chi connectivity index (χ0v) is 12.5. The monoisotopic (exact) mass is 313 g/mol. The summed E-state index contributed by atoms with van der Waals surface area (Å²) in [7, 11) is 1.53. The van der Waals surface area contributed by atoms with Gasteiger partial charge in [0.15, 0.2) is 0 Å². The molecule has 1 aliphatic heterocycles. The maximum Gasteiger partial charge on any atom is 0.327 e. The van der Waals surface area contributed by atoms with Crippen LogP contribution in [0.2, 0.25) is 0 Å². The first kappa shape index (κ1) is 15.0. The first-order chi connectivity index (χ1) is 11.1. The van der Waals surface area contributed by atoms with E-state index in [2.05, 4.69) is 10.6 Å². The minimum Gasteiger partial charge on any atom is -0.357 e. The molecule has 0 saturated carbocycles. The van der Waals surface area contributed by atoms with E-state index in [0.29, 0.717) is 12.1 Å². The van der Waals surface area contributed by atoms with Crippen molar-refractivity contribution in [1.82, 2.24) is 5.32 Å². The van der Waals surface area contributed by atoms with E-state index in [1.807, 2.05) is 12.1 Å². The van der Waals surface area contributed by atoms with Crippen molar-refractivity contribution in [2.45, 2.75) is 12.5 Å². The molecule has 0 saturated heterocycles. The SMILES string of the molecule is CNC(=O)[C@@H]1Cc2ccccc2N1C(=O)Nc1ccccc1F. The molecule has 0 aliphatic carbocycles. The lowest BCUT2D eigenvalue weighted by molar-refractivity contribution is -0.121. The van der Waals surface area contributed by atoms with E-state index in [1.165, 1.54) is 24.1 Å². The van der Waals surface area contributed by atoms with Gasteiger partial charge in [-0.2, -0.15) is 0 Å². The Balaban J connectivity index is 1.92. The Hall–Kier alpha value is -2.89. The number of nitrogens with one attached hydrogen (secondary N) is 2. The van der Waals surface area contributed by atoms with E-state index >= 15 is 0 Å². The molecule has 0 aromatic heterocycles. The summed E-state index contributed by atoms with van der Waals surface area (Å²) in [6.07, 6.45) is 0.431. The maximum atomic E-state index is 13.7. The lowest BCUT2D eigenvalue weighted by Crippen LogP contribution is -2.48. The molecule has 3 rings (SSSR count). The van der Waals surface area contributed by atoms with Crippen LogP contribution in [0.25, 0.3) is 0 Å². The van der Waals surface area contributed by atoms with Gasteiger partial charge in [-0.05, 0) is 23.8 Å². The number of urea groups is 1. The Morgan fingerprint density at radius 1 is 1.13 bits per heavy atom. The molecule has 1 atom stereocenters. The molecule has 3 amide bonds. The summed E-state index contributed by atoms with van der Waals surface area (Å²) < 4.78 is 13.7. The number of carbonyl (C=O) groups is 2. The van der Waals surface area contributed by atoms with Gasteiger partial charge in [0.2, 0.25) is 5.91 Å². The number of likely N-dealkylation sites (N-methyl/N-ethyl adjacent to an activating group) is 1. The number of rotatable bonds is 2. The van der Waals surface area contributed by atoms with Crippen molar-refractivity contribution in [1.29, 1.82) is 0 Å². The fourth-order valence-electron chi connectivity index (χ4n) is 2.75. The molecule has 23 heavy (non-hydrogen) atoms. The second-order valence-electron chi connectivity index (χ2n) is 5.24. The van der Waals surface area contributed by atoms with Crippen LogP contribution in [-0.4, -0.2) is 25.0 Å². The number of anilines is 2. The molecule has 0 radical (unpaired) electrons. The molecule has 118 valence electrons. The van der Waals surface area contributed by atoms with Crippen molar-refractivity contribution < 1.29 is 14.0 Å². The summed E-state index contributed by atoms with van der Waals surface area (Å²) in [5.41, 5.74) is 1.65. The van der Waals surface area contributed by atoms with Gasteiger partial charge in [0.1, 0.15) is 11.9 Å². The van der Waals surface area contributed by atoms with Crippen LogP contribution >= 0.6 is 0 Å². The van der Waals surface area contributed by atoms with E-state index in [0.717, 1.165) is 5.56 Å². The number of amides is 3. The summed E-state index contributed by atoms with van der Waals surface area (Å²) in [6, 6.07) is 12.1. The van der Waals surface area contributed by atoms with E-state index in [9.17, 15) is 14.0 Å². The summed E-state index contributed by atoms with van der Waals surface area (Å²) in [6.45, 7) is 0. The zero-order chi connectivity index (χ0) is 16.4. The fraction of sp³-hybridized carbons (Fsp3) is 0.176. The van der Waals surface area contributed by atoms with Crippen LogP contribution < -0.4 is 15.5 Å². The number of halogens is 1. The lowest BCUT2D eigenvalue weighted by atomic mass is 10.1. The summed E-state index contributed by atoms with van der Waals surface area (Å²) >= 11 is 0. The van der Waals surface area contributed by atoms with Gasteiger partial charge in [-0.1, -0.05) is 30.3 Å². The Bertz CT molecular complexity index is 763. The number of nitrogens with zero attached hydrogens (tertiary/aromatic N) is 1. The maximum absolute atomic E-state index is 13.7. The highest BCUT2D eigenvalue weighted by Gasteiger charge is 2.38. The molecule has 5 nitrogen and oxygen atoms in total. The summed E-state index contributed by atoms with van der Waals surface area (Å²) in [5, 5.41) is 5.10. The van der Waals surface area contributed by atoms with Crippen molar-refractivity contribution in [2.75, 3.05) is 17.3 Å². The smallest absolute Gasteiger partial charge is 0.327 e. The molecule has 6 heteroatoms. The van der Waals surface area contributed by atoms with Gasteiger partial charge < -0.3 is 10.6 Å². The molecule has 2 N–H and O–H groups in total. The van der Waals surface area contributed by atoms with Crippen molar-refractivity contribution in [3.8, 4) is 0 Å². The molecular weight excluding hydrogens is 297 g/mol. The Labute approximate surface area is 133 Å². The van der Waals surface area contributed by atoms with Gasteiger partial charge in [0, 0.05) is 19.2 Å². The van der Waals surface area contributed by atoms with Crippen molar-refractivity contribution >= 4 is 23.3 Å². The highest BCUT2D eigenvalue weighted by atomic mass is 19.1. The standard InChI is InChI=1S/C17H16FN3O2/c1-19-16(22)15-10-11-6-2-5-9-14(11)21(15)17(23)20-13-8-4-3-7-12(13)18/h2-9,15H,10H2,1H3,(H,19,22)(H,20,23)/t15-/m0/s1. The number of para-hydroxylation sites is 2. The number of benzene rings is 2. The molecular formula is C17H16FN3O2. The third-order valence-electron chi connectivity index (χ3n) is 3.86. The highest BCUT2D eigenvalue weighted by Crippen LogP contribution is 2.32. The fourth-order valence-corrected chi connectivity index (χ4v) is 2.75. The highest BCUT2D eigenvalue weighted by molar-refractivity contribution is 6.08. The van der Waals surface area contributed by atoms with E-state index < -0.39 is 17.9 Å². The molecule has 2 aromatic carbocycles. The van der Waals surface area contributed by atoms with Gasteiger partial charge >= 0.3 is 6.03 Å². The van der Waals surface area contributed by atoms with Crippen LogP contribution in [0.15, 0.2) is 48.5 Å². The molecule has 0 unspecified atom stereocenters. The summed E-state index contributed by atoms with van der Waals surface area (Å²) in [4.78, 5) is 26.1. The predicted molar refractivity (Wildman–Crippen MR) is 85.9 cm³/mol. The van der Waals surface area contributed by atoms with Crippen LogP contribution in [0.4, 0.5) is 20.6 Å². The number of fused-ring (bicyclic) bond motifs is 1. The topological polar surface area (TPSA) is 61.4 Å². The average Bonchev–Trinajstić information content (AvgIpc) is 2.95. The van der Waals surface area contributed by atoms with E-state index in [-0.39, 0.29) is 11.6 Å². The second-order valence-corrected chi connectivity index (χ2v) is 5.24. The number of hydrogen-bond acceptors (Lipinski definition) is 2. The third-order valence-corrected chi connectivity index (χ3v) is 3.86. The normalized spacial score (nSPS) is 15.9. The van der Waals surface area contributed by atoms with E-state index in [4.69, 9.17) is 0 Å². The van der Waals surface area contributed by atoms with Gasteiger partial charge in [-0.3, -0.25) is 9.69 Å². The zero-order valence-electron chi connectivity index (χ0n) is 12.5. The number of carbonyl (C=O) groups excluding carboxylic acids is 2. The Morgan fingerprint density at radius 3 is 2.57 bits per heavy atom. The predicted octanol–water partition coefficient (Wildman–Crippen LogP) is 2.53. The minimum absolute atomic E-state index is 0.0811. The molecule has 1 aliphatic rings. The van der Waals surface area contributed by atoms with Gasteiger partial charge in [0.25, 0.3) is 0 Å². The molecule has 0 spiro atoms. The lowest BCUT2D eigenvalue weighted by Gasteiger charge is -2.24. The van der Waals surface area contributed by atoms with E-state index in [1.54, 1.807) is 24.3 Å². The molecule has 0 bridgehead atoms. The van der Waals surface area contributed by atoms with Gasteiger partial charge in [0.05, 0.1) is 5.69 Å². The van der Waals surface area contributed by atoms with Gasteiger partial charge in [-0.15, -0.1) is 0 Å². The van der Waals surface area contributed by atoms with Crippen LogP contribution in [0, 0.1) is 5.82 Å². The first-order valence-electron chi connectivity index (χ1n) is 7.26. The molecule has 2 aromatic rings. The Morgan fingerprint density at radius 2 is 1.83 bits per heavy atom. The Kier molecular flexibility index (Phi) is 3.97. The molecule has 0 fully saturated rings. The van der Waals surface area contributed by atoms with Crippen molar-refractivity contribution in [3.05, 3.63) is 59.9 Å². The van der Waals surface area contributed by atoms with Gasteiger partial charge in [-0.25, -0.2) is 9.18 Å². The van der Waals surface area contributed by atoms with Crippen molar-refractivity contribution in [3.63, 3.8) is 0 Å². The average molecular weight is 313 g/mol. The van der Waals surface area contributed by atoms with Crippen molar-refractivity contribution in [2.24, 2.45) is 0 Å². The number of hydrogen-bond donors (Lipinski definition) is 2. The molecule has 1 heterocycles. The minimum atomic E-state index is -0.649. The third kappa shape index (κ3) is 2.75.